The summed E-state index contributed by atoms with van der Waals surface area (Å²) in [6.07, 6.45) is 1.76. The first-order valence-electron chi connectivity index (χ1n) is 4.98. The second-order valence-corrected chi connectivity index (χ2v) is 4.28. The lowest BCUT2D eigenvalue weighted by atomic mass is 10.4. The summed E-state index contributed by atoms with van der Waals surface area (Å²) in [5.74, 6) is 2.43. The zero-order chi connectivity index (χ0) is 11.4. The molecule has 0 atom stereocenters. The number of rotatable bonds is 4. The van der Waals surface area contributed by atoms with Crippen molar-refractivity contribution in [1.29, 1.82) is 0 Å². The molecule has 5 heteroatoms. The molecule has 4 nitrogen and oxygen atoms in total. The van der Waals surface area contributed by atoms with Gasteiger partial charge >= 0.3 is 0 Å². The minimum Gasteiger partial charge on any atom is -0.464 e. The summed E-state index contributed by atoms with van der Waals surface area (Å²) in [5, 5.41) is 0.769. The van der Waals surface area contributed by atoms with E-state index in [2.05, 4.69) is 9.97 Å². The van der Waals surface area contributed by atoms with Gasteiger partial charge in [-0.25, -0.2) is 9.97 Å². The van der Waals surface area contributed by atoms with E-state index in [1.807, 2.05) is 25.1 Å². The number of thioether (sulfide) groups is 1. The smallest absolute Gasteiger partial charge is 0.188 e. The first-order valence-corrected chi connectivity index (χ1v) is 5.96. The molecule has 0 spiro atoms. The molecule has 2 aromatic heterocycles. The van der Waals surface area contributed by atoms with Gasteiger partial charge < -0.3 is 10.2 Å². The average Bonchev–Trinajstić information content (AvgIpc) is 2.74. The molecule has 0 aliphatic heterocycles. The van der Waals surface area contributed by atoms with Crippen molar-refractivity contribution in [3.63, 3.8) is 0 Å². The molecule has 2 aromatic rings. The Kier molecular flexibility index (Phi) is 3.58. The zero-order valence-corrected chi connectivity index (χ0v) is 9.83. The van der Waals surface area contributed by atoms with Crippen LogP contribution in [-0.2, 0) is 12.3 Å². The molecule has 0 aliphatic rings. The van der Waals surface area contributed by atoms with Gasteiger partial charge in [0.15, 0.2) is 5.16 Å². The van der Waals surface area contributed by atoms with Crippen LogP contribution in [0.5, 0.6) is 0 Å². The molecule has 0 bridgehead atoms. The van der Waals surface area contributed by atoms with Gasteiger partial charge in [-0.1, -0.05) is 11.8 Å². The number of aromatic nitrogens is 2. The summed E-state index contributed by atoms with van der Waals surface area (Å²) in [4.78, 5) is 8.47. The van der Waals surface area contributed by atoms with Gasteiger partial charge in [-0.2, -0.15) is 0 Å². The molecule has 0 saturated heterocycles. The number of hydrogen-bond donors (Lipinski definition) is 1. The zero-order valence-electron chi connectivity index (χ0n) is 9.01. The summed E-state index contributed by atoms with van der Waals surface area (Å²) in [6.45, 7) is 2.39. The van der Waals surface area contributed by atoms with Gasteiger partial charge in [-0.3, -0.25) is 0 Å². The molecule has 2 rings (SSSR count). The van der Waals surface area contributed by atoms with Gasteiger partial charge in [0, 0.05) is 11.9 Å². The number of furan rings is 1. The lowest BCUT2D eigenvalue weighted by Crippen LogP contribution is -1.92. The van der Waals surface area contributed by atoms with Crippen molar-refractivity contribution in [2.24, 2.45) is 5.73 Å². The predicted octanol–water partition coefficient (Wildman–Crippen LogP) is 2.13. The van der Waals surface area contributed by atoms with Crippen LogP contribution in [-0.4, -0.2) is 9.97 Å². The molecular weight excluding hydrogens is 222 g/mol. The fourth-order valence-corrected chi connectivity index (χ4v) is 2.01. The SMILES string of the molecule is Cc1ccnc(SCc2ccc(CN)o2)n1. The topological polar surface area (TPSA) is 64.9 Å². The van der Waals surface area contributed by atoms with Gasteiger partial charge in [0.2, 0.25) is 0 Å². The average molecular weight is 235 g/mol. The third-order valence-electron chi connectivity index (χ3n) is 2.03. The highest BCUT2D eigenvalue weighted by Gasteiger charge is 2.03. The molecular formula is C11H13N3OS. The number of nitrogens with zero attached hydrogens (tertiary/aromatic N) is 2. The van der Waals surface area contributed by atoms with Crippen molar-refractivity contribution in [2.75, 3.05) is 0 Å². The van der Waals surface area contributed by atoms with Gasteiger partial charge in [0.1, 0.15) is 11.5 Å². The molecule has 0 aliphatic carbocycles. The maximum Gasteiger partial charge on any atom is 0.188 e. The Morgan fingerprint density at radius 2 is 2.12 bits per heavy atom. The molecule has 0 unspecified atom stereocenters. The quantitative estimate of drug-likeness (QED) is 0.649. The Labute approximate surface area is 98.3 Å². The van der Waals surface area contributed by atoms with Crippen LogP contribution in [0.15, 0.2) is 34.0 Å². The van der Waals surface area contributed by atoms with Crippen molar-refractivity contribution in [3.05, 3.63) is 41.6 Å². The lowest BCUT2D eigenvalue weighted by Gasteiger charge is -1.98. The van der Waals surface area contributed by atoms with E-state index in [1.54, 1.807) is 18.0 Å². The Morgan fingerprint density at radius 1 is 1.31 bits per heavy atom. The highest BCUT2D eigenvalue weighted by atomic mass is 32.2. The van der Waals surface area contributed by atoms with E-state index in [4.69, 9.17) is 10.2 Å². The molecule has 2 heterocycles. The first-order chi connectivity index (χ1) is 7.78. The van der Waals surface area contributed by atoms with Crippen LogP contribution < -0.4 is 5.73 Å². The van der Waals surface area contributed by atoms with Gasteiger partial charge in [0.05, 0.1) is 12.3 Å². The van der Waals surface area contributed by atoms with Crippen LogP contribution in [0.3, 0.4) is 0 Å². The maximum atomic E-state index is 5.48. The molecule has 0 aromatic carbocycles. The monoisotopic (exact) mass is 235 g/mol. The van der Waals surface area contributed by atoms with Crippen LogP contribution in [0.4, 0.5) is 0 Å². The number of nitrogens with two attached hydrogens (primary N) is 1. The fraction of sp³-hybridized carbons (Fsp3) is 0.273. The maximum absolute atomic E-state index is 5.48. The molecule has 0 amide bonds. The highest BCUT2D eigenvalue weighted by molar-refractivity contribution is 7.98. The molecule has 0 saturated carbocycles. The van der Waals surface area contributed by atoms with Gasteiger partial charge in [-0.05, 0) is 25.1 Å². The number of aryl methyl sites for hydroxylation is 1. The Morgan fingerprint density at radius 3 is 2.81 bits per heavy atom. The second kappa shape index (κ2) is 5.14. The fourth-order valence-electron chi connectivity index (χ4n) is 1.24. The summed E-state index contributed by atoms with van der Waals surface area (Å²) >= 11 is 1.55. The predicted molar refractivity (Wildman–Crippen MR) is 62.9 cm³/mol. The van der Waals surface area contributed by atoms with Crippen LogP contribution in [0.1, 0.15) is 17.2 Å². The van der Waals surface area contributed by atoms with E-state index < -0.39 is 0 Å². The summed E-state index contributed by atoms with van der Waals surface area (Å²) in [5.41, 5.74) is 6.44. The van der Waals surface area contributed by atoms with E-state index in [-0.39, 0.29) is 0 Å². The van der Waals surface area contributed by atoms with Gasteiger partial charge in [0.25, 0.3) is 0 Å². The summed E-state index contributed by atoms with van der Waals surface area (Å²) in [7, 11) is 0. The van der Waals surface area contributed by atoms with E-state index in [0.717, 1.165) is 28.1 Å². The lowest BCUT2D eigenvalue weighted by molar-refractivity contribution is 0.482. The molecule has 16 heavy (non-hydrogen) atoms. The Hall–Kier alpha value is -1.33. The largest absolute Gasteiger partial charge is 0.464 e. The molecule has 2 N–H and O–H groups in total. The molecule has 84 valence electrons. The first kappa shape index (κ1) is 11.2. The third-order valence-corrected chi connectivity index (χ3v) is 2.92. The Balaban J connectivity index is 1.96. The highest BCUT2D eigenvalue weighted by Crippen LogP contribution is 2.20. The van der Waals surface area contributed by atoms with Crippen molar-refractivity contribution in [2.45, 2.75) is 24.4 Å². The van der Waals surface area contributed by atoms with E-state index in [1.165, 1.54) is 0 Å². The van der Waals surface area contributed by atoms with Crippen molar-refractivity contribution in [1.82, 2.24) is 9.97 Å². The summed E-state index contributed by atoms with van der Waals surface area (Å²) < 4.78 is 5.48. The minimum absolute atomic E-state index is 0.436. The Bertz CT molecular complexity index is 470. The standard InChI is InChI=1S/C11H13N3OS/c1-8-4-5-13-11(14-8)16-7-10-3-2-9(6-12)15-10/h2-5H,6-7,12H2,1H3. The van der Waals surface area contributed by atoms with E-state index in [0.29, 0.717) is 6.54 Å². The minimum atomic E-state index is 0.436. The van der Waals surface area contributed by atoms with Crippen LogP contribution >= 0.6 is 11.8 Å². The summed E-state index contributed by atoms with van der Waals surface area (Å²) in [6, 6.07) is 5.71. The third kappa shape index (κ3) is 2.84. The van der Waals surface area contributed by atoms with Crippen molar-refractivity contribution < 1.29 is 4.42 Å². The van der Waals surface area contributed by atoms with Gasteiger partial charge in [-0.15, -0.1) is 0 Å². The normalized spacial score (nSPS) is 10.6. The molecule has 0 fully saturated rings. The van der Waals surface area contributed by atoms with E-state index >= 15 is 0 Å². The van der Waals surface area contributed by atoms with Crippen LogP contribution in [0.25, 0.3) is 0 Å². The van der Waals surface area contributed by atoms with Crippen molar-refractivity contribution in [3.8, 4) is 0 Å². The second-order valence-electron chi connectivity index (χ2n) is 3.34. The van der Waals surface area contributed by atoms with Crippen LogP contribution in [0, 0.1) is 6.92 Å². The number of hydrogen-bond acceptors (Lipinski definition) is 5. The van der Waals surface area contributed by atoms with Crippen molar-refractivity contribution >= 4 is 11.8 Å². The molecule has 0 radical (unpaired) electrons. The van der Waals surface area contributed by atoms with E-state index in [9.17, 15) is 0 Å². The van der Waals surface area contributed by atoms with Crippen LogP contribution in [0.2, 0.25) is 0 Å².